The van der Waals surface area contributed by atoms with Gasteiger partial charge in [0.2, 0.25) is 5.43 Å². The van der Waals surface area contributed by atoms with Crippen molar-refractivity contribution in [3.63, 3.8) is 0 Å². The van der Waals surface area contributed by atoms with Gasteiger partial charge in [0.05, 0.1) is 23.2 Å². The largest absolute Gasteiger partial charge is 0.478 e. The van der Waals surface area contributed by atoms with E-state index in [-0.39, 0.29) is 35.3 Å². The van der Waals surface area contributed by atoms with Gasteiger partial charge in [-0.25, -0.2) is 13.1 Å². The number of hydrogen-bond acceptors (Lipinski definition) is 6. The molecular weight excluding hydrogens is 372 g/mol. The molecule has 2 aromatic rings. The van der Waals surface area contributed by atoms with Crippen molar-refractivity contribution >= 4 is 21.6 Å². The normalized spacial score (nSPS) is 18.4. The fraction of sp³-hybridized carbons (Fsp3) is 0.471. The van der Waals surface area contributed by atoms with Gasteiger partial charge in [0, 0.05) is 31.1 Å². The lowest BCUT2D eigenvalue weighted by Crippen LogP contribution is -2.25. The average molecular weight is 394 g/mol. The van der Waals surface area contributed by atoms with Gasteiger partial charge in [0.15, 0.2) is 22.2 Å². The number of sulfone groups is 1. The van der Waals surface area contributed by atoms with Gasteiger partial charge >= 0.3 is 0 Å². The molecule has 0 aromatic carbocycles. The van der Waals surface area contributed by atoms with E-state index >= 15 is 0 Å². The fourth-order valence-corrected chi connectivity index (χ4v) is 4.68. The third-order valence-corrected chi connectivity index (χ3v) is 6.24. The van der Waals surface area contributed by atoms with E-state index in [9.17, 15) is 18.0 Å². The molecule has 1 aliphatic rings. The van der Waals surface area contributed by atoms with Gasteiger partial charge in [-0.1, -0.05) is 0 Å². The lowest BCUT2D eigenvalue weighted by atomic mass is 10.3. The molecule has 1 fully saturated rings. The summed E-state index contributed by atoms with van der Waals surface area (Å²) in [6.07, 6.45) is 1.99. The monoisotopic (exact) mass is 394 g/mol. The van der Waals surface area contributed by atoms with Crippen molar-refractivity contribution in [1.29, 1.82) is 0 Å². The van der Waals surface area contributed by atoms with Crippen LogP contribution in [0.3, 0.4) is 0 Å². The molecule has 1 N–H and O–H groups in total. The highest BCUT2D eigenvalue weighted by atomic mass is 32.2. The SMILES string of the molecule is Cc1cc(NC(=O)COc2cn(C)c(C)cc2=O)n([C@H]2CCS(=O)(=O)C2)n1. The lowest BCUT2D eigenvalue weighted by molar-refractivity contribution is -0.118. The number of rotatable bonds is 5. The molecule has 0 aliphatic carbocycles. The number of hydrogen-bond donors (Lipinski definition) is 1. The van der Waals surface area contributed by atoms with Crippen LogP contribution in [-0.4, -0.2) is 46.8 Å². The molecule has 0 radical (unpaired) electrons. The molecule has 2 aromatic heterocycles. The molecule has 0 spiro atoms. The summed E-state index contributed by atoms with van der Waals surface area (Å²) in [5, 5.41) is 6.99. The number of aromatic nitrogens is 3. The Morgan fingerprint density at radius 2 is 2.11 bits per heavy atom. The van der Waals surface area contributed by atoms with Crippen molar-refractivity contribution in [2.75, 3.05) is 23.4 Å². The Kier molecular flexibility index (Phi) is 5.09. The number of amides is 1. The van der Waals surface area contributed by atoms with Crippen LogP contribution in [0, 0.1) is 13.8 Å². The number of ether oxygens (including phenoxy) is 1. The summed E-state index contributed by atoms with van der Waals surface area (Å²) in [5.74, 6) is 0.168. The fourth-order valence-electron chi connectivity index (χ4n) is 2.99. The summed E-state index contributed by atoms with van der Waals surface area (Å²) < 4.78 is 32.0. The first-order chi connectivity index (χ1) is 12.6. The van der Waals surface area contributed by atoms with E-state index in [2.05, 4.69) is 10.4 Å². The van der Waals surface area contributed by atoms with E-state index in [0.717, 1.165) is 5.69 Å². The first kappa shape index (κ1) is 19.2. The van der Waals surface area contributed by atoms with Gasteiger partial charge in [0.25, 0.3) is 5.91 Å². The minimum absolute atomic E-state index is 0.00684. The molecule has 27 heavy (non-hydrogen) atoms. The molecule has 146 valence electrons. The molecule has 0 unspecified atom stereocenters. The van der Waals surface area contributed by atoms with Crippen molar-refractivity contribution in [2.45, 2.75) is 26.3 Å². The number of nitrogens with zero attached hydrogens (tertiary/aromatic N) is 3. The quantitative estimate of drug-likeness (QED) is 0.794. The predicted octanol–water partition coefficient (Wildman–Crippen LogP) is 0.576. The number of anilines is 1. The zero-order valence-electron chi connectivity index (χ0n) is 15.4. The highest BCUT2D eigenvalue weighted by molar-refractivity contribution is 7.91. The molecule has 1 saturated heterocycles. The Morgan fingerprint density at radius 3 is 2.78 bits per heavy atom. The molecule has 1 amide bonds. The molecule has 10 heteroatoms. The van der Waals surface area contributed by atoms with E-state index < -0.39 is 15.7 Å². The predicted molar refractivity (Wildman–Crippen MR) is 99.8 cm³/mol. The van der Waals surface area contributed by atoms with Crippen molar-refractivity contribution in [2.24, 2.45) is 7.05 Å². The van der Waals surface area contributed by atoms with E-state index in [1.165, 1.54) is 12.3 Å². The number of carbonyl (C=O) groups excluding carboxylic acids is 1. The maximum atomic E-state index is 12.2. The Labute approximate surface area is 156 Å². The first-order valence-corrected chi connectivity index (χ1v) is 10.3. The topological polar surface area (TPSA) is 112 Å². The van der Waals surface area contributed by atoms with Crippen LogP contribution in [0.15, 0.2) is 23.1 Å². The zero-order chi connectivity index (χ0) is 19.8. The smallest absolute Gasteiger partial charge is 0.263 e. The van der Waals surface area contributed by atoms with Gasteiger partial charge in [-0.3, -0.25) is 9.59 Å². The Hall–Kier alpha value is -2.62. The highest BCUT2D eigenvalue weighted by Gasteiger charge is 2.31. The van der Waals surface area contributed by atoms with E-state index in [1.54, 1.807) is 36.2 Å². The van der Waals surface area contributed by atoms with Crippen LogP contribution in [0.5, 0.6) is 5.75 Å². The summed E-state index contributed by atoms with van der Waals surface area (Å²) in [6, 6.07) is 2.81. The third-order valence-electron chi connectivity index (χ3n) is 4.49. The summed E-state index contributed by atoms with van der Waals surface area (Å²) in [5.41, 5.74) is 1.15. The molecule has 3 rings (SSSR count). The van der Waals surface area contributed by atoms with Crippen LogP contribution >= 0.6 is 0 Å². The van der Waals surface area contributed by atoms with Crippen molar-refractivity contribution in [3.8, 4) is 5.75 Å². The minimum atomic E-state index is -3.07. The van der Waals surface area contributed by atoms with Crippen LogP contribution in [0.25, 0.3) is 0 Å². The second-order valence-electron chi connectivity index (χ2n) is 6.76. The Balaban J connectivity index is 1.68. The van der Waals surface area contributed by atoms with Gasteiger partial charge in [-0.15, -0.1) is 0 Å². The number of nitrogens with one attached hydrogen (secondary N) is 1. The summed E-state index contributed by atoms with van der Waals surface area (Å²) in [4.78, 5) is 24.2. The third kappa shape index (κ3) is 4.38. The Bertz CT molecular complexity index is 1040. The molecule has 3 heterocycles. The average Bonchev–Trinajstić information content (AvgIpc) is 3.11. The molecule has 1 atom stereocenters. The summed E-state index contributed by atoms with van der Waals surface area (Å²) >= 11 is 0. The summed E-state index contributed by atoms with van der Waals surface area (Å²) in [7, 11) is -1.30. The van der Waals surface area contributed by atoms with Gasteiger partial charge in [-0.2, -0.15) is 5.10 Å². The van der Waals surface area contributed by atoms with Crippen LogP contribution in [0.4, 0.5) is 5.82 Å². The number of carbonyl (C=O) groups is 1. The number of aryl methyl sites for hydroxylation is 3. The molecule has 0 saturated carbocycles. The van der Waals surface area contributed by atoms with Gasteiger partial charge in [0.1, 0.15) is 5.82 Å². The van der Waals surface area contributed by atoms with E-state index in [0.29, 0.717) is 17.9 Å². The van der Waals surface area contributed by atoms with Crippen LogP contribution in [-0.2, 0) is 21.7 Å². The van der Waals surface area contributed by atoms with Crippen molar-refractivity contribution < 1.29 is 17.9 Å². The van der Waals surface area contributed by atoms with E-state index in [4.69, 9.17) is 4.74 Å². The molecular formula is C17H22N4O5S. The van der Waals surface area contributed by atoms with Gasteiger partial charge < -0.3 is 14.6 Å². The minimum Gasteiger partial charge on any atom is -0.478 e. The first-order valence-electron chi connectivity index (χ1n) is 8.51. The van der Waals surface area contributed by atoms with Crippen LogP contribution < -0.4 is 15.5 Å². The second-order valence-corrected chi connectivity index (χ2v) is 8.99. The maximum Gasteiger partial charge on any atom is 0.263 e. The van der Waals surface area contributed by atoms with Crippen molar-refractivity contribution in [3.05, 3.63) is 39.9 Å². The maximum absolute atomic E-state index is 12.2. The van der Waals surface area contributed by atoms with Crippen molar-refractivity contribution in [1.82, 2.24) is 14.3 Å². The number of pyridine rings is 1. The highest BCUT2D eigenvalue weighted by Crippen LogP contribution is 2.27. The second kappa shape index (κ2) is 7.18. The van der Waals surface area contributed by atoms with Crippen LogP contribution in [0.1, 0.15) is 23.9 Å². The standard InChI is InChI=1S/C17H22N4O5S/c1-11-6-16(21(19-11)13-4-5-27(24,25)10-13)18-17(23)9-26-15-8-20(3)12(2)7-14(15)22/h6-8,13H,4-5,9-10H2,1-3H3,(H,18,23)/t13-/m0/s1. The molecule has 9 nitrogen and oxygen atoms in total. The molecule has 0 bridgehead atoms. The van der Waals surface area contributed by atoms with Gasteiger partial charge in [-0.05, 0) is 20.3 Å². The lowest BCUT2D eigenvalue weighted by Gasteiger charge is -2.14. The van der Waals surface area contributed by atoms with E-state index in [1.807, 2.05) is 0 Å². The Morgan fingerprint density at radius 1 is 1.37 bits per heavy atom. The molecule has 1 aliphatic heterocycles. The zero-order valence-corrected chi connectivity index (χ0v) is 16.2. The van der Waals surface area contributed by atoms with Crippen LogP contribution in [0.2, 0.25) is 0 Å². The summed E-state index contributed by atoms with van der Waals surface area (Å²) in [6.45, 7) is 3.22.